The summed E-state index contributed by atoms with van der Waals surface area (Å²) in [5.41, 5.74) is 6.03. The molecule has 1 aliphatic rings. The van der Waals surface area contributed by atoms with E-state index < -0.39 is 0 Å². The van der Waals surface area contributed by atoms with Crippen molar-refractivity contribution in [2.24, 2.45) is 7.05 Å². The van der Waals surface area contributed by atoms with E-state index >= 15 is 0 Å². The Balaban J connectivity index is 1.54. The summed E-state index contributed by atoms with van der Waals surface area (Å²) in [6.45, 7) is 5.64. The van der Waals surface area contributed by atoms with Crippen LogP contribution in [0.3, 0.4) is 0 Å². The topological polar surface area (TPSA) is 78.0 Å². The van der Waals surface area contributed by atoms with Crippen molar-refractivity contribution in [2.45, 2.75) is 32.0 Å². The summed E-state index contributed by atoms with van der Waals surface area (Å²) >= 11 is 1.54. The number of benzene rings is 1. The maximum atomic E-state index is 13.7. The SMILES string of the molecule is CC1CN(c2cc(=O)n(C)c3ccc(C#N)nc23)[C@@H](C)CN1C(c1ccc(F)cc1)c1cscn1. The maximum Gasteiger partial charge on any atom is 0.252 e. The van der Waals surface area contributed by atoms with Crippen LogP contribution in [0, 0.1) is 17.1 Å². The van der Waals surface area contributed by atoms with Crippen LogP contribution < -0.4 is 10.5 Å². The monoisotopic (exact) mass is 488 g/mol. The van der Waals surface area contributed by atoms with Gasteiger partial charge in [-0.1, -0.05) is 12.1 Å². The quantitative estimate of drug-likeness (QED) is 0.431. The Morgan fingerprint density at radius 1 is 1.14 bits per heavy atom. The molecule has 5 rings (SSSR count). The zero-order valence-corrected chi connectivity index (χ0v) is 20.5. The highest BCUT2D eigenvalue weighted by Gasteiger charge is 2.36. The van der Waals surface area contributed by atoms with Gasteiger partial charge in [0.05, 0.1) is 28.5 Å². The number of nitriles is 1. The van der Waals surface area contributed by atoms with E-state index in [2.05, 4.69) is 39.7 Å². The molecule has 0 N–H and O–H groups in total. The first-order valence-corrected chi connectivity index (χ1v) is 12.4. The lowest BCUT2D eigenvalue weighted by Gasteiger charge is -2.48. The van der Waals surface area contributed by atoms with Gasteiger partial charge in [-0.25, -0.2) is 14.4 Å². The van der Waals surface area contributed by atoms with Crippen LogP contribution in [0.4, 0.5) is 10.1 Å². The van der Waals surface area contributed by atoms with E-state index in [0.717, 1.165) is 16.9 Å². The van der Waals surface area contributed by atoms with Crippen molar-refractivity contribution in [3.05, 3.63) is 86.5 Å². The second-order valence-corrected chi connectivity index (χ2v) is 9.74. The number of hydrogen-bond acceptors (Lipinski definition) is 7. The average molecular weight is 489 g/mol. The van der Waals surface area contributed by atoms with Crippen molar-refractivity contribution >= 4 is 28.1 Å². The number of nitrogens with zero attached hydrogens (tertiary/aromatic N) is 6. The van der Waals surface area contributed by atoms with Crippen LogP contribution >= 0.6 is 11.3 Å². The first kappa shape index (κ1) is 23.1. The summed E-state index contributed by atoms with van der Waals surface area (Å²) in [6.07, 6.45) is 0. The summed E-state index contributed by atoms with van der Waals surface area (Å²) in [5.74, 6) is -0.265. The Kier molecular flexibility index (Phi) is 6.09. The van der Waals surface area contributed by atoms with E-state index in [4.69, 9.17) is 0 Å². The summed E-state index contributed by atoms with van der Waals surface area (Å²) in [7, 11) is 1.72. The standard InChI is InChI=1S/C26H25FN6OS/c1-16-13-33(26(21-14-35-15-29-21)18-4-6-19(27)7-5-18)17(2)12-32(16)23-10-24(34)31(3)22-9-8-20(11-28)30-25(22)23/h4-10,14-17,26H,12-13H2,1-3H3/t16-,17?,26?/m0/s1. The zero-order valence-electron chi connectivity index (χ0n) is 19.7. The van der Waals surface area contributed by atoms with Gasteiger partial charge in [0.25, 0.3) is 5.56 Å². The molecule has 3 atom stereocenters. The van der Waals surface area contributed by atoms with E-state index in [1.807, 2.05) is 23.0 Å². The summed E-state index contributed by atoms with van der Waals surface area (Å²) in [4.78, 5) is 26.5. The van der Waals surface area contributed by atoms with Crippen molar-refractivity contribution in [1.29, 1.82) is 5.26 Å². The van der Waals surface area contributed by atoms with Crippen LogP contribution in [0.1, 0.15) is 36.8 Å². The normalized spacial score (nSPS) is 19.6. The highest BCUT2D eigenvalue weighted by atomic mass is 32.1. The lowest BCUT2D eigenvalue weighted by molar-refractivity contribution is 0.128. The molecule has 9 heteroatoms. The molecule has 178 valence electrons. The molecule has 0 aliphatic carbocycles. The highest BCUT2D eigenvalue weighted by molar-refractivity contribution is 7.07. The van der Waals surface area contributed by atoms with Gasteiger partial charge in [-0.3, -0.25) is 9.69 Å². The van der Waals surface area contributed by atoms with E-state index in [1.54, 1.807) is 41.2 Å². The van der Waals surface area contributed by atoms with Crippen LogP contribution in [0.2, 0.25) is 0 Å². The van der Waals surface area contributed by atoms with Gasteiger partial charge in [0, 0.05) is 43.7 Å². The van der Waals surface area contributed by atoms with Crippen LogP contribution in [0.5, 0.6) is 0 Å². The largest absolute Gasteiger partial charge is 0.364 e. The predicted molar refractivity (Wildman–Crippen MR) is 135 cm³/mol. The number of halogens is 1. The molecule has 4 aromatic rings. The van der Waals surface area contributed by atoms with E-state index in [0.29, 0.717) is 29.8 Å². The maximum absolute atomic E-state index is 13.7. The predicted octanol–water partition coefficient (Wildman–Crippen LogP) is 4.09. The minimum absolute atomic E-state index is 0.0515. The molecule has 1 fully saturated rings. The fourth-order valence-corrected chi connectivity index (χ4v) is 5.55. The van der Waals surface area contributed by atoms with Crippen LogP contribution in [0.15, 0.2) is 58.1 Å². The van der Waals surface area contributed by atoms with E-state index in [9.17, 15) is 14.4 Å². The van der Waals surface area contributed by atoms with Crippen molar-refractivity contribution in [1.82, 2.24) is 19.4 Å². The molecule has 0 radical (unpaired) electrons. The Morgan fingerprint density at radius 2 is 1.91 bits per heavy atom. The fourth-order valence-electron chi connectivity index (χ4n) is 4.98. The van der Waals surface area contributed by atoms with E-state index in [-0.39, 0.29) is 29.5 Å². The number of piperazine rings is 1. The van der Waals surface area contributed by atoms with Crippen molar-refractivity contribution in [2.75, 3.05) is 18.0 Å². The molecule has 3 aromatic heterocycles. The fraction of sp³-hybridized carbons (Fsp3) is 0.308. The van der Waals surface area contributed by atoms with Gasteiger partial charge in [0.1, 0.15) is 23.1 Å². The summed E-state index contributed by atoms with van der Waals surface area (Å²) in [5, 5.41) is 11.4. The van der Waals surface area contributed by atoms with Crippen molar-refractivity contribution in [3.63, 3.8) is 0 Å². The molecule has 4 heterocycles. The number of thiazole rings is 1. The minimum Gasteiger partial charge on any atom is -0.364 e. The summed E-state index contributed by atoms with van der Waals surface area (Å²) in [6, 6.07) is 13.8. The Hall–Kier alpha value is -3.61. The van der Waals surface area contributed by atoms with Gasteiger partial charge in [-0.15, -0.1) is 11.3 Å². The van der Waals surface area contributed by atoms with Gasteiger partial charge >= 0.3 is 0 Å². The molecule has 0 spiro atoms. The number of anilines is 1. The number of pyridine rings is 2. The van der Waals surface area contributed by atoms with Crippen LogP contribution in [0.25, 0.3) is 11.0 Å². The molecule has 0 amide bonds. The summed E-state index contributed by atoms with van der Waals surface area (Å²) < 4.78 is 15.2. The molecule has 1 saturated heterocycles. The Morgan fingerprint density at radius 3 is 2.60 bits per heavy atom. The first-order chi connectivity index (χ1) is 16.9. The molecule has 1 aromatic carbocycles. The van der Waals surface area contributed by atoms with Gasteiger partial charge in [-0.2, -0.15) is 5.26 Å². The number of fused-ring (bicyclic) bond motifs is 1. The molecule has 0 saturated carbocycles. The molecule has 35 heavy (non-hydrogen) atoms. The number of hydrogen-bond donors (Lipinski definition) is 0. The minimum atomic E-state index is -0.265. The Labute approximate surface area is 206 Å². The third-order valence-corrected chi connectivity index (χ3v) is 7.38. The Bertz CT molecular complexity index is 1460. The highest BCUT2D eigenvalue weighted by Crippen LogP contribution is 2.35. The van der Waals surface area contributed by atoms with Crippen LogP contribution in [-0.4, -0.2) is 44.6 Å². The molecule has 1 aliphatic heterocycles. The third kappa shape index (κ3) is 4.20. The average Bonchev–Trinajstić information content (AvgIpc) is 3.39. The second kappa shape index (κ2) is 9.21. The van der Waals surface area contributed by atoms with Crippen molar-refractivity contribution in [3.8, 4) is 6.07 Å². The third-order valence-electron chi connectivity index (χ3n) is 6.78. The van der Waals surface area contributed by atoms with Gasteiger partial charge in [0.2, 0.25) is 0 Å². The smallest absolute Gasteiger partial charge is 0.252 e. The molecule has 7 nitrogen and oxygen atoms in total. The lowest BCUT2D eigenvalue weighted by Crippen LogP contribution is -2.57. The molecule has 2 unspecified atom stereocenters. The van der Waals surface area contributed by atoms with Crippen LogP contribution in [-0.2, 0) is 7.05 Å². The van der Waals surface area contributed by atoms with Gasteiger partial charge in [-0.05, 0) is 43.7 Å². The van der Waals surface area contributed by atoms with Crippen molar-refractivity contribution < 1.29 is 4.39 Å². The molecular formula is C26H25FN6OS. The zero-order chi connectivity index (χ0) is 24.7. The number of aromatic nitrogens is 3. The number of aryl methyl sites for hydroxylation is 1. The molecular weight excluding hydrogens is 463 g/mol. The second-order valence-electron chi connectivity index (χ2n) is 9.02. The molecule has 0 bridgehead atoms. The number of rotatable bonds is 4. The van der Waals surface area contributed by atoms with Gasteiger partial charge < -0.3 is 9.47 Å². The lowest BCUT2D eigenvalue weighted by atomic mass is 9.97. The van der Waals surface area contributed by atoms with Gasteiger partial charge in [0.15, 0.2) is 0 Å². The van der Waals surface area contributed by atoms with E-state index in [1.165, 1.54) is 12.1 Å². The first-order valence-electron chi connectivity index (χ1n) is 11.4.